The molecule has 0 atom stereocenters. The number of hydrogen-bond acceptors (Lipinski definition) is 0. The van der Waals surface area contributed by atoms with E-state index in [4.69, 9.17) is 0 Å². The van der Waals surface area contributed by atoms with Crippen LogP contribution in [-0.4, -0.2) is 0 Å². The van der Waals surface area contributed by atoms with E-state index in [9.17, 15) is 0 Å². The quantitative estimate of drug-likeness (QED) is 0.421. The van der Waals surface area contributed by atoms with Gasteiger partial charge in [-0.25, -0.2) is 0 Å². The van der Waals surface area contributed by atoms with Crippen LogP contribution in [0.1, 0.15) is 27.7 Å². The van der Waals surface area contributed by atoms with Crippen molar-refractivity contribution in [2.24, 2.45) is 5.41 Å². The molecule has 0 heterocycles. The fraction of sp³-hybridized carbons (Fsp3) is 0.625. The Morgan fingerprint density at radius 2 is 1.75 bits per heavy atom. The first-order valence-corrected chi connectivity index (χ1v) is 2.85. The van der Waals surface area contributed by atoms with E-state index < -0.39 is 0 Å². The summed E-state index contributed by atoms with van der Waals surface area (Å²) >= 11 is 0. The Balaban J connectivity index is 4.26. The van der Waals surface area contributed by atoms with Crippen molar-refractivity contribution in [3.05, 3.63) is 17.9 Å². The molecule has 0 heteroatoms. The van der Waals surface area contributed by atoms with Gasteiger partial charge in [0.15, 0.2) is 0 Å². The second-order valence-corrected chi connectivity index (χ2v) is 3.05. The number of allylic oxidation sites excluding steroid dienone is 1. The summed E-state index contributed by atoms with van der Waals surface area (Å²) in [6.07, 6.45) is 0. The van der Waals surface area contributed by atoms with Crippen LogP contribution in [0.25, 0.3) is 0 Å². The van der Waals surface area contributed by atoms with E-state index in [0.29, 0.717) is 0 Å². The lowest BCUT2D eigenvalue weighted by atomic mass is 9.88. The summed E-state index contributed by atoms with van der Waals surface area (Å²) in [7, 11) is 0. The van der Waals surface area contributed by atoms with Gasteiger partial charge in [0.05, 0.1) is 0 Å². The van der Waals surface area contributed by atoms with Crippen LogP contribution < -0.4 is 0 Å². The highest BCUT2D eigenvalue weighted by atomic mass is 14.1. The molecular weight excluding hydrogens is 96.1 g/mol. The maximum absolute atomic E-state index is 3.57. The Bertz CT molecular complexity index is 117. The number of hydrogen-bond donors (Lipinski definition) is 0. The average molecular weight is 110 g/mol. The van der Waals surface area contributed by atoms with Crippen LogP contribution in [0.15, 0.2) is 17.9 Å². The Hall–Kier alpha value is -0.480. The first-order chi connectivity index (χ1) is 3.48. The van der Waals surface area contributed by atoms with Gasteiger partial charge in [-0.05, 0) is 17.9 Å². The first kappa shape index (κ1) is 7.52. The van der Waals surface area contributed by atoms with Gasteiger partial charge >= 0.3 is 0 Å². The van der Waals surface area contributed by atoms with Gasteiger partial charge in [0.1, 0.15) is 0 Å². The van der Waals surface area contributed by atoms with Gasteiger partial charge < -0.3 is 0 Å². The SMILES string of the molecule is C=C=C(C)C(C)(C)C. The normalized spacial score (nSPS) is 10.5. The molecule has 46 valence electrons. The molecule has 0 aliphatic rings. The van der Waals surface area contributed by atoms with Gasteiger partial charge in [0, 0.05) is 0 Å². The summed E-state index contributed by atoms with van der Waals surface area (Å²) in [5, 5.41) is 0. The molecule has 0 nitrogen and oxygen atoms in total. The molecule has 0 saturated heterocycles. The third-order valence-electron chi connectivity index (χ3n) is 1.39. The van der Waals surface area contributed by atoms with Gasteiger partial charge in [-0.1, -0.05) is 27.4 Å². The standard InChI is InChI=1S/C8H14/c1-6-7(2)8(3,4)5/h1H2,2-5H3. The van der Waals surface area contributed by atoms with Gasteiger partial charge in [0.2, 0.25) is 0 Å². The molecule has 0 bridgehead atoms. The van der Waals surface area contributed by atoms with Crippen molar-refractivity contribution in [2.45, 2.75) is 27.7 Å². The summed E-state index contributed by atoms with van der Waals surface area (Å²) in [6.45, 7) is 12.1. The third kappa shape index (κ3) is 1.99. The van der Waals surface area contributed by atoms with Gasteiger partial charge in [0.25, 0.3) is 0 Å². The molecule has 8 heavy (non-hydrogen) atoms. The van der Waals surface area contributed by atoms with E-state index in [1.165, 1.54) is 5.57 Å². The van der Waals surface area contributed by atoms with Gasteiger partial charge in [-0.3, -0.25) is 0 Å². The summed E-state index contributed by atoms with van der Waals surface area (Å²) in [5.41, 5.74) is 4.34. The van der Waals surface area contributed by atoms with Crippen molar-refractivity contribution in [1.82, 2.24) is 0 Å². The van der Waals surface area contributed by atoms with Crippen LogP contribution >= 0.6 is 0 Å². The number of rotatable bonds is 0. The molecule has 0 aliphatic carbocycles. The minimum atomic E-state index is 0.252. The monoisotopic (exact) mass is 110 g/mol. The van der Waals surface area contributed by atoms with Crippen LogP contribution in [0.3, 0.4) is 0 Å². The second-order valence-electron chi connectivity index (χ2n) is 3.05. The molecule has 0 aromatic heterocycles. The minimum absolute atomic E-state index is 0.252. The fourth-order valence-electron chi connectivity index (χ4n) is 0.265. The van der Waals surface area contributed by atoms with E-state index in [-0.39, 0.29) is 5.41 Å². The molecule has 0 rings (SSSR count). The predicted octanol–water partition coefficient (Wildman–Crippen LogP) is 2.76. The van der Waals surface area contributed by atoms with E-state index in [1.807, 2.05) is 6.92 Å². The first-order valence-electron chi connectivity index (χ1n) is 2.85. The molecule has 0 aliphatic heterocycles. The topological polar surface area (TPSA) is 0 Å². The van der Waals surface area contributed by atoms with Gasteiger partial charge in [-0.15, -0.1) is 5.73 Å². The van der Waals surface area contributed by atoms with Crippen molar-refractivity contribution < 1.29 is 0 Å². The highest BCUT2D eigenvalue weighted by Crippen LogP contribution is 2.22. The molecule has 0 aromatic rings. The summed E-state index contributed by atoms with van der Waals surface area (Å²) in [4.78, 5) is 0. The van der Waals surface area contributed by atoms with Crippen molar-refractivity contribution in [1.29, 1.82) is 0 Å². The second kappa shape index (κ2) is 2.19. The highest BCUT2D eigenvalue weighted by molar-refractivity contribution is 5.04. The smallest absolute Gasteiger partial charge is 0.0100 e. The van der Waals surface area contributed by atoms with Crippen LogP contribution in [0.5, 0.6) is 0 Å². The lowest BCUT2D eigenvalue weighted by Gasteiger charge is -2.16. The molecule has 0 amide bonds. The molecule has 0 fully saturated rings. The summed E-state index contributed by atoms with van der Waals surface area (Å²) in [5.74, 6) is 0. The largest absolute Gasteiger partial charge is 0.129 e. The molecule has 0 radical (unpaired) electrons. The summed E-state index contributed by atoms with van der Waals surface area (Å²) < 4.78 is 0. The van der Waals surface area contributed by atoms with Crippen LogP contribution in [-0.2, 0) is 0 Å². The lowest BCUT2D eigenvalue weighted by molar-refractivity contribution is 0.505. The molecule has 0 unspecified atom stereocenters. The zero-order valence-corrected chi connectivity index (χ0v) is 6.21. The average Bonchev–Trinajstić information content (AvgIpc) is 1.62. The third-order valence-corrected chi connectivity index (χ3v) is 1.39. The van der Waals surface area contributed by atoms with E-state index in [0.717, 1.165) is 0 Å². The van der Waals surface area contributed by atoms with Crippen LogP contribution in [0, 0.1) is 5.41 Å². The van der Waals surface area contributed by atoms with Crippen molar-refractivity contribution >= 4 is 0 Å². The van der Waals surface area contributed by atoms with Gasteiger partial charge in [-0.2, -0.15) is 0 Å². The van der Waals surface area contributed by atoms with E-state index in [2.05, 4.69) is 33.1 Å². The van der Waals surface area contributed by atoms with Crippen molar-refractivity contribution in [2.75, 3.05) is 0 Å². The lowest BCUT2D eigenvalue weighted by Crippen LogP contribution is -2.04. The minimum Gasteiger partial charge on any atom is -0.129 e. The Morgan fingerprint density at radius 3 is 1.75 bits per heavy atom. The van der Waals surface area contributed by atoms with Crippen molar-refractivity contribution in [3.8, 4) is 0 Å². The molecule has 0 aromatic carbocycles. The highest BCUT2D eigenvalue weighted by Gasteiger charge is 2.10. The molecule has 0 N–H and O–H groups in total. The fourth-order valence-corrected chi connectivity index (χ4v) is 0.265. The van der Waals surface area contributed by atoms with E-state index >= 15 is 0 Å². The molecule has 0 saturated carbocycles. The van der Waals surface area contributed by atoms with Crippen LogP contribution in [0.4, 0.5) is 0 Å². The Labute approximate surface area is 51.9 Å². The maximum Gasteiger partial charge on any atom is -0.0100 e. The molecular formula is C8H14. The maximum atomic E-state index is 3.57. The molecule has 0 spiro atoms. The van der Waals surface area contributed by atoms with Crippen molar-refractivity contribution in [3.63, 3.8) is 0 Å². The van der Waals surface area contributed by atoms with Crippen LogP contribution in [0.2, 0.25) is 0 Å². The zero-order chi connectivity index (χ0) is 6.78. The predicted molar refractivity (Wildman–Crippen MR) is 37.8 cm³/mol. The van der Waals surface area contributed by atoms with E-state index in [1.54, 1.807) is 0 Å². The Morgan fingerprint density at radius 1 is 1.38 bits per heavy atom. The zero-order valence-electron chi connectivity index (χ0n) is 6.21. The summed E-state index contributed by atoms with van der Waals surface area (Å²) in [6, 6.07) is 0. The Kier molecular flexibility index (Phi) is 2.06.